The molecule has 2 aromatic rings. The first-order valence-electron chi connectivity index (χ1n) is 6.58. The van der Waals surface area contributed by atoms with Crippen LogP contribution in [0.1, 0.15) is 13.8 Å². The molecule has 20 heavy (non-hydrogen) atoms. The smallest absolute Gasteiger partial charge is 0.327 e. The second-order valence-corrected chi connectivity index (χ2v) is 4.35. The molecule has 6 heteroatoms. The van der Waals surface area contributed by atoms with E-state index in [4.69, 9.17) is 0 Å². The van der Waals surface area contributed by atoms with Gasteiger partial charge in [-0.1, -0.05) is 0 Å². The number of aromatic amines is 2. The Bertz CT molecular complexity index is 640. The van der Waals surface area contributed by atoms with E-state index in [0.717, 1.165) is 24.5 Å². The Labute approximate surface area is 116 Å². The van der Waals surface area contributed by atoms with Crippen LogP contribution in [0.2, 0.25) is 0 Å². The summed E-state index contributed by atoms with van der Waals surface area (Å²) in [4.78, 5) is 29.2. The second kappa shape index (κ2) is 6.10. The van der Waals surface area contributed by atoms with Crippen molar-refractivity contribution in [3.05, 3.63) is 51.2 Å². The molecule has 0 amide bonds. The molecule has 0 radical (unpaired) electrons. The molecule has 0 atom stereocenters. The zero-order valence-corrected chi connectivity index (χ0v) is 11.6. The van der Waals surface area contributed by atoms with Gasteiger partial charge in [0.25, 0.3) is 5.56 Å². The third kappa shape index (κ3) is 3.28. The minimum absolute atomic E-state index is 0.370. The Kier molecular flexibility index (Phi) is 4.24. The number of nitrogens with one attached hydrogen (secondary N) is 3. The van der Waals surface area contributed by atoms with Gasteiger partial charge in [0.1, 0.15) is 5.82 Å². The molecule has 1 aromatic carbocycles. The first-order valence-corrected chi connectivity index (χ1v) is 6.58. The third-order valence-electron chi connectivity index (χ3n) is 3.04. The topological polar surface area (TPSA) is 81.0 Å². The van der Waals surface area contributed by atoms with E-state index >= 15 is 0 Å². The molecule has 0 aliphatic heterocycles. The van der Waals surface area contributed by atoms with E-state index < -0.39 is 11.2 Å². The predicted octanol–water partition coefficient (Wildman–Crippen LogP) is 1.65. The number of benzene rings is 1. The van der Waals surface area contributed by atoms with Gasteiger partial charge in [-0.3, -0.25) is 14.8 Å². The molecule has 0 fully saturated rings. The van der Waals surface area contributed by atoms with Crippen molar-refractivity contribution >= 4 is 17.2 Å². The molecule has 1 aromatic heterocycles. The summed E-state index contributed by atoms with van der Waals surface area (Å²) in [6.07, 6.45) is 0. The Hall–Kier alpha value is -2.50. The highest BCUT2D eigenvalue weighted by Gasteiger charge is 2.02. The number of H-pyrrole nitrogens is 2. The molecule has 106 valence electrons. The summed E-state index contributed by atoms with van der Waals surface area (Å²) in [5.74, 6) is 0.370. The average molecular weight is 274 g/mol. The summed E-state index contributed by atoms with van der Waals surface area (Å²) in [5, 5.41) is 2.99. The predicted molar refractivity (Wildman–Crippen MR) is 81.0 cm³/mol. The maximum atomic E-state index is 11.2. The number of nitrogens with zero attached hydrogens (tertiary/aromatic N) is 1. The molecule has 3 N–H and O–H groups in total. The average Bonchev–Trinajstić information content (AvgIpc) is 2.41. The lowest BCUT2D eigenvalue weighted by molar-refractivity contribution is 0.866. The van der Waals surface area contributed by atoms with Crippen molar-refractivity contribution < 1.29 is 0 Å². The summed E-state index contributed by atoms with van der Waals surface area (Å²) in [6.45, 7) is 6.11. The van der Waals surface area contributed by atoms with Gasteiger partial charge >= 0.3 is 5.69 Å². The fraction of sp³-hybridized carbons (Fsp3) is 0.286. The number of rotatable bonds is 5. The van der Waals surface area contributed by atoms with Crippen LogP contribution in [0.25, 0.3) is 0 Å². The Morgan fingerprint density at radius 1 is 1.05 bits per heavy atom. The van der Waals surface area contributed by atoms with Gasteiger partial charge in [0, 0.05) is 30.5 Å². The lowest BCUT2D eigenvalue weighted by Crippen LogP contribution is -2.22. The molecule has 0 unspecified atom stereocenters. The summed E-state index contributed by atoms with van der Waals surface area (Å²) >= 11 is 0. The van der Waals surface area contributed by atoms with E-state index in [1.807, 2.05) is 24.3 Å². The van der Waals surface area contributed by atoms with Gasteiger partial charge in [-0.15, -0.1) is 0 Å². The highest BCUT2D eigenvalue weighted by Crippen LogP contribution is 2.19. The van der Waals surface area contributed by atoms with Crippen molar-refractivity contribution in [2.45, 2.75) is 13.8 Å². The van der Waals surface area contributed by atoms with Crippen molar-refractivity contribution in [3.8, 4) is 0 Å². The highest BCUT2D eigenvalue weighted by atomic mass is 16.2. The number of hydrogen-bond donors (Lipinski definition) is 3. The maximum absolute atomic E-state index is 11.2. The Balaban J connectivity index is 2.18. The molecule has 1 heterocycles. The van der Waals surface area contributed by atoms with E-state index in [2.05, 4.69) is 34.0 Å². The van der Waals surface area contributed by atoms with Crippen LogP contribution in [0, 0.1) is 0 Å². The molecule has 0 spiro atoms. The van der Waals surface area contributed by atoms with Crippen molar-refractivity contribution in [1.29, 1.82) is 0 Å². The fourth-order valence-electron chi connectivity index (χ4n) is 2.04. The van der Waals surface area contributed by atoms with Gasteiger partial charge in [0.05, 0.1) is 0 Å². The molecule has 0 aliphatic rings. The van der Waals surface area contributed by atoms with Crippen LogP contribution in [-0.2, 0) is 0 Å². The van der Waals surface area contributed by atoms with Crippen LogP contribution >= 0.6 is 0 Å². The largest absolute Gasteiger partial charge is 0.372 e. The first kappa shape index (κ1) is 13.9. The minimum Gasteiger partial charge on any atom is -0.372 e. The first-order chi connectivity index (χ1) is 9.62. The monoisotopic (exact) mass is 274 g/mol. The molecule has 0 aliphatic carbocycles. The normalized spacial score (nSPS) is 10.3. The molecule has 0 bridgehead atoms. The number of anilines is 3. The van der Waals surface area contributed by atoms with Gasteiger partial charge in [0.2, 0.25) is 0 Å². The van der Waals surface area contributed by atoms with Crippen molar-refractivity contribution in [1.82, 2.24) is 9.97 Å². The van der Waals surface area contributed by atoms with E-state index in [-0.39, 0.29) is 0 Å². The third-order valence-corrected chi connectivity index (χ3v) is 3.04. The standard InChI is InChI=1S/C14H18N4O2/c1-3-18(4-2)11-7-5-10(6-8-11)15-12-9-13(19)17-14(20)16-12/h5-9H,3-4H2,1-2H3,(H3,15,16,17,19,20). The lowest BCUT2D eigenvalue weighted by Gasteiger charge is -2.21. The molecule has 0 saturated heterocycles. The van der Waals surface area contributed by atoms with E-state index in [0.29, 0.717) is 5.82 Å². The van der Waals surface area contributed by atoms with Crippen LogP contribution in [0.15, 0.2) is 39.9 Å². The van der Waals surface area contributed by atoms with E-state index in [1.54, 1.807) is 0 Å². The van der Waals surface area contributed by atoms with Gasteiger partial charge in [-0.05, 0) is 38.1 Å². The Morgan fingerprint density at radius 3 is 2.25 bits per heavy atom. The zero-order chi connectivity index (χ0) is 14.5. The van der Waals surface area contributed by atoms with Crippen LogP contribution in [0.5, 0.6) is 0 Å². The SMILES string of the molecule is CCN(CC)c1ccc(Nc2cc(=O)[nH]c(=O)[nH]2)cc1. The highest BCUT2D eigenvalue weighted by molar-refractivity contribution is 5.60. The van der Waals surface area contributed by atoms with Crippen LogP contribution in [-0.4, -0.2) is 23.1 Å². The summed E-state index contributed by atoms with van der Waals surface area (Å²) < 4.78 is 0. The Morgan fingerprint density at radius 2 is 1.70 bits per heavy atom. The number of hydrogen-bond acceptors (Lipinski definition) is 4. The van der Waals surface area contributed by atoms with Crippen LogP contribution in [0.4, 0.5) is 17.2 Å². The van der Waals surface area contributed by atoms with Crippen LogP contribution < -0.4 is 21.5 Å². The van der Waals surface area contributed by atoms with Crippen molar-refractivity contribution in [2.24, 2.45) is 0 Å². The summed E-state index contributed by atoms with van der Waals surface area (Å²) in [7, 11) is 0. The molecule has 6 nitrogen and oxygen atoms in total. The molecule has 2 rings (SSSR count). The van der Waals surface area contributed by atoms with Gasteiger partial charge < -0.3 is 10.2 Å². The fourth-order valence-corrected chi connectivity index (χ4v) is 2.04. The second-order valence-electron chi connectivity index (χ2n) is 4.35. The molecular weight excluding hydrogens is 256 g/mol. The van der Waals surface area contributed by atoms with Gasteiger partial charge in [-0.25, -0.2) is 4.79 Å². The van der Waals surface area contributed by atoms with E-state index in [9.17, 15) is 9.59 Å². The maximum Gasteiger partial charge on any atom is 0.327 e. The van der Waals surface area contributed by atoms with Gasteiger partial charge in [0.15, 0.2) is 0 Å². The summed E-state index contributed by atoms with van der Waals surface area (Å²) in [5.41, 5.74) is 0.984. The molecule has 0 saturated carbocycles. The van der Waals surface area contributed by atoms with E-state index in [1.165, 1.54) is 6.07 Å². The quantitative estimate of drug-likeness (QED) is 0.774. The number of aromatic nitrogens is 2. The molecular formula is C14H18N4O2. The van der Waals surface area contributed by atoms with Crippen LogP contribution in [0.3, 0.4) is 0 Å². The lowest BCUT2D eigenvalue weighted by atomic mass is 10.2. The van der Waals surface area contributed by atoms with Crippen molar-refractivity contribution in [2.75, 3.05) is 23.3 Å². The van der Waals surface area contributed by atoms with Gasteiger partial charge in [-0.2, -0.15) is 0 Å². The summed E-state index contributed by atoms with van der Waals surface area (Å²) in [6, 6.07) is 9.13. The van der Waals surface area contributed by atoms with Crippen molar-refractivity contribution in [3.63, 3.8) is 0 Å². The zero-order valence-electron chi connectivity index (χ0n) is 11.6. The minimum atomic E-state index is -0.528.